The fourth-order valence-corrected chi connectivity index (χ4v) is 14.1. The van der Waals surface area contributed by atoms with Gasteiger partial charge in [0.1, 0.15) is 48.8 Å². The first kappa shape index (κ1) is 52.4. The van der Waals surface area contributed by atoms with E-state index in [1.54, 1.807) is 0 Å². The van der Waals surface area contributed by atoms with Crippen molar-refractivity contribution < 1.29 is 49.6 Å². The molecule has 2 rings (SSSR count). The monoisotopic (exact) mass is 918 g/mol. The minimum atomic E-state index is -2.22. The molecule has 0 saturated carbocycles. The van der Waals surface area contributed by atoms with Crippen molar-refractivity contribution in [2.75, 3.05) is 13.2 Å². The number of hydrogen-bond donors (Lipinski definition) is 0. The maximum atomic E-state index is 7.26. The van der Waals surface area contributed by atoms with Crippen LogP contribution >= 0.6 is 0 Å². The molecule has 19 heteroatoms. The highest BCUT2D eigenvalue weighted by Crippen LogP contribution is 2.39. The number of rotatable bonds is 20. The molecule has 0 amide bonds. The fourth-order valence-electron chi connectivity index (χ4n) is 6.29. The average molecular weight is 920 g/mol. The summed E-state index contributed by atoms with van der Waals surface area (Å²) in [5.74, 6) is 0. The van der Waals surface area contributed by atoms with Crippen LogP contribution in [0.2, 0.25) is 157 Å². The topological polar surface area (TPSA) is 102 Å². The minimum absolute atomic E-state index is 0.358. The van der Waals surface area contributed by atoms with Crippen molar-refractivity contribution in [3.8, 4) is 0 Å². The molecule has 0 aromatic rings. The van der Waals surface area contributed by atoms with E-state index in [0.717, 1.165) is 0 Å². The van der Waals surface area contributed by atoms with E-state index in [9.17, 15) is 0 Å². The Morgan fingerprint density at radius 3 is 0.727 bits per heavy atom. The van der Waals surface area contributed by atoms with Gasteiger partial charge in [0.15, 0.2) is 79.1 Å². The summed E-state index contributed by atoms with van der Waals surface area (Å²) >= 11 is 0. The summed E-state index contributed by atoms with van der Waals surface area (Å²) in [7, 11) is -16.9. The van der Waals surface area contributed by atoms with Crippen molar-refractivity contribution in [1.82, 2.24) is 0 Å². The summed E-state index contributed by atoms with van der Waals surface area (Å²) in [4.78, 5) is 0. The summed E-state index contributed by atoms with van der Waals surface area (Å²) in [5, 5.41) is 0. The molecule has 55 heavy (non-hydrogen) atoms. The predicted octanol–water partition coefficient (Wildman–Crippen LogP) is 9.48. The summed E-state index contributed by atoms with van der Waals surface area (Å²) in [6.07, 6.45) is -5.59. The first-order valence-electron chi connectivity index (χ1n) is 20.5. The van der Waals surface area contributed by atoms with E-state index in [2.05, 4.69) is 157 Å². The van der Waals surface area contributed by atoms with Gasteiger partial charge in [-0.15, -0.1) is 0 Å². The zero-order valence-corrected chi connectivity index (χ0v) is 47.7. The van der Waals surface area contributed by atoms with E-state index in [4.69, 9.17) is 49.6 Å². The predicted molar refractivity (Wildman–Crippen MR) is 246 cm³/mol. The average Bonchev–Trinajstić information content (AvgIpc) is 2.88. The van der Waals surface area contributed by atoms with Crippen LogP contribution < -0.4 is 0 Å². The lowest BCUT2D eigenvalue weighted by atomic mass is 9.98. The van der Waals surface area contributed by atoms with Crippen LogP contribution in [0.15, 0.2) is 0 Å². The van der Waals surface area contributed by atoms with Gasteiger partial charge in [0, 0.05) is 0 Å². The molecule has 10 atom stereocenters. The molecule has 0 spiro atoms. The van der Waals surface area contributed by atoms with E-state index in [0.29, 0.717) is 13.2 Å². The maximum absolute atomic E-state index is 7.26. The van der Waals surface area contributed by atoms with Crippen LogP contribution in [0.25, 0.3) is 0 Å². The number of hydrogen-bond acceptors (Lipinski definition) is 11. The van der Waals surface area contributed by atoms with Gasteiger partial charge in [0.25, 0.3) is 0 Å². The van der Waals surface area contributed by atoms with Gasteiger partial charge in [-0.1, -0.05) is 0 Å². The lowest BCUT2D eigenvalue weighted by Crippen LogP contribution is -2.69. The van der Waals surface area contributed by atoms with E-state index >= 15 is 0 Å². The Morgan fingerprint density at radius 2 is 0.509 bits per heavy atom. The Morgan fingerprint density at radius 1 is 0.291 bits per heavy atom. The Bertz CT molecular complexity index is 1090. The third-order valence-corrected chi connectivity index (χ3v) is 15.7. The second-order valence-corrected chi connectivity index (χ2v) is 59.0. The second kappa shape index (κ2) is 19.1. The van der Waals surface area contributed by atoms with Crippen molar-refractivity contribution in [3.63, 3.8) is 0 Å². The highest BCUT2D eigenvalue weighted by molar-refractivity contribution is 6.72. The molecule has 0 aliphatic carbocycles. The van der Waals surface area contributed by atoms with Crippen LogP contribution in [-0.4, -0.2) is 141 Å². The van der Waals surface area contributed by atoms with E-state index in [1.807, 2.05) is 0 Å². The molecule has 2 saturated heterocycles. The van der Waals surface area contributed by atoms with Gasteiger partial charge in [-0.2, -0.15) is 0 Å². The van der Waals surface area contributed by atoms with E-state index in [1.165, 1.54) is 0 Å². The zero-order chi connectivity index (χ0) is 43.0. The highest BCUT2D eigenvalue weighted by atomic mass is 28.4. The molecule has 2 heterocycles. The maximum Gasteiger partial charge on any atom is 0.188 e. The summed E-state index contributed by atoms with van der Waals surface area (Å²) in [5.41, 5.74) is 0. The lowest BCUT2D eigenvalue weighted by molar-refractivity contribution is -0.368. The van der Waals surface area contributed by atoms with Crippen LogP contribution in [0.3, 0.4) is 0 Å². The molecular weight excluding hydrogens is 833 g/mol. The zero-order valence-electron chi connectivity index (χ0n) is 39.7. The molecule has 0 radical (unpaired) electrons. The smallest absolute Gasteiger partial charge is 0.188 e. The van der Waals surface area contributed by atoms with Gasteiger partial charge in [0.2, 0.25) is 0 Å². The minimum Gasteiger partial charge on any atom is -0.415 e. The molecule has 0 N–H and O–H groups in total. The van der Waals surface area contributed by atoms with E-state index < -0.39 is 128 Å². The van der Waals surface area contributed by atoms with Gasteiger partial charge >= 0.3 is 0 Å². The molecule has 0 aromatic heterocycles. The molecule has 2 fully saturated rings. The normalized spacial score (nSPS) is 31.2. The third-order valence-electron chi connectivity index (χ3n) is 7.75. The molecule has 2 aliphatic heterocycles. The molecule has 0 bridgehead atoms. The summed E-state index contributed by atoms with van der Waals surface area (Å²) < 4.78 is 77.3. The van der Waals surface area contributed by atoms with Crippen LogP contribution in [0.4, 0.5) is 0 Å². The van der Waals surface area contributed by atoms with Crippen LogP contribution in [0.1, 0.15) is 0 Å². The first-order valence-corrected chi connectivity index (χ1v) is 47.8. The SMILES string of the molecule is C[Si](C)(C)OCC1O[C@H](O[C@H]2O[C@H](CO[Si](C)(C)C)[C@@H](O[Si](C)(C)C)C(O[Si](C)(C)C)C2O[Si](C)(C)C)C(O[Si](C)(C)C)C(O[Si](C)(C)C)[C@@H]1O[Si](C)(C)C. The molecular formula is C36H86O11Si8. The molecule has 5 unspecified atom stereocenters. The van der Waals surface area contributed by atoms with E-state index in [-0.39, 0.29) is 0 Å². The first-order chi connectivity index (χ1) is 24.2. The molecule has 328 valence electrons. The van der Waals surface area contributed by atoms with Crippen molar-refractivity contribution in [3.05, 3.63) is 0 Å². The molecule has 2 aliphatic rings. The molecule has 0 aromatic carbocycles. The second-order valence-electron chi connectivity index (χ2n) is 23.2. The third kappa shape index (κ3) is 20.6. The largest absolute Gasteiger partial charge is 0.415 e. The quantitative estimate of drug-likeness (QED) is 0.109. The Balaban J connectivity index is 2.88. The van der Waals surface area contributed by atoms with Crippen molar-refractivity contribution >= 4 is 66.5 Å². The van der Waals surface area contributed by atoms with Gasteiger partial charge in [-0.3, -0.25) is 0 Å². The number of ether oxygens (including phenoxy) is 3. The fraction of sp³-hybridized carbons (Fsp3) is 1.00. The summed E-state index contributed by atoms with van der Waals surface area (Å²) in [6, 6.07) is 0. The summed E-state index contributed by atoms with van der Waals surface area (Å²) in [6.45, 7) is 53.6. The van der Waals surface area contributed by atoms with Crippen molar-refractivity contribution in [2.45, 2.75) is 219 Å². The Labute approximate surface area is 346 Å². The Hall–Kier alpha value is 1.30. The van der Waals surface area contributed by atoms with Gasteiger partial charge in [-0.05, 0) is 157 Å². The van der Waals surface area contributed by atoms with Crippen molar-refractivity contribution in [2.24, 2.45) is 0 Å². The van der Waals surface area contributed by atoms with Crippen LogP contribution in [0, 0.1) is 0 Å². The van der Waals surface area contributed by atoms with Crippen molar-refractivity contribution in [1.29, 1.82) is 0 Å². The van der Waals surface area contributed by atoms with Gasteiger partial charge in [-0.25, -0.2) is 0 Å². The standard InChI is InChI=1S/C36H86O11Si8/c1-48(2,3)37-25-27-29(42-50(7,8)9)31(44-52(13,14)15)33(46-54(19,20)21)35(39-27)41-36-34(47-55(22,23)24)32(45-53(16,17)18)30(43-51(10,11)12)28(40-36)26-38-49(4,5)6/h27-36H,25-26H2,1-24H3/t27-,28?,29-,30-,31?,32?,33?,34?,35-,36-/m1/s1. The lowest BCUT2D eigenvalue weighted by Gasteiger charge is -2.54. The Kier molecular flexibility index (Phi) is 18.2. The van der Waals surface area contributed by atoms with Gasteiger partial charge in [0.05, 0.1) is 13.2 Å². The highest BCUT2D eigenvalue weighted by Gasteiger charge is 2.57. The van der Waals surface area contributed by atoms with Crippen LogP contribution in [-0.2, 0) is 49.6 Å². The van der Waals surface area contributed by atoms with Gasteiger partial charge < -0.3 is 49.6 Å². The van der Waals surface area contributed by atoms with Crippen LogP contribution in [0.5, 0.6) is 0 Å². The molecule has 11 nitrogen and oxygen atoms in total.